The molecule has 0 aliphatic carbocycles. The van der Waals surface area contributed by atoms with Gasteiger partial charge < -0.3 is 14.8 Å². The summed E-state index contributed by atoms with van der Waals surface area (Å²) < 4.78 is 6.13. The van der Waals surface area contributed by atoms with Crippen molar-refractivity contribution in [3.63, 3.8) is 0 Å². The van der Waals surface area contributed by atoms with Gasteiger partial charge in [-0.15, -0.1) is 0 Å². The highest BCUT2D eigenvalue weighted by molar-refractivity contribution is 5.47. The Balaban J connectivity index is 0.00000163. The maximum Gasteiger partial charge on any atom is 0.290 e. The quantitative estimate of drug-likeness (QED) is 0.748. The lowest BCUT2D eigenvalue weighted by Gasteiger charge is -2.31. The summed E-state index contributed by atoms with van der Waals surface area (Å²) in [6, 6.07) is 0. The molecule has 0 aliphatic rings. The zero-order chi connectivity index (χ0) is 18.8. The zero-order valence-electron chi connectivity index (χ0n) is 16.0. The van der Waals surface area contributed by atoms with E-state index in [1.54, 1.807) is 0 Å². The molecule has 0 saturated heterocycles. The van der Waals surface area contributed by atoms with Crippen LogP contribution in [0.15, 0.2) is 11.6 Å². The molecule has 4 nitrogen and oxygen atoms in total. The molecule has 1 aromatic heterocycles. The Morgan fingerprint density at radius 3 is 2.21 bits per heavy atom. The first-order valence-corrected chi connectivity index (χ1v) is 8.67. The highest BCUT2D eigenvalue weighted by atomic mass is 16.5. The van der Waals surface area contributed by atoms with Crippen LogP contribution in [-0.2, 0) is 15.1 Å². The number of ether oxygens (including phenoxy) is 1. The van der Waals surface area contributed by atoms with Crippen LogP contribution in [0.3, 0.4) is 0 Å². The van der Waals surface area contributed by atoms with Crippen LogP contribution in [-0.4, -0.2) is 23.2 Å². The van der Waals surface area contributed by atoms with Gasteiger partial charge in [0.15, 0.2) is 0 Å². The van der Waals surface area contributed by atoms with Gasteiger partial charge in [0, 0.05) is 12.0 Å². The maximum absolute atomic E-state index is 8.36. The highest BCUT2D eigenvalue weighted by Gasteiger charge is 2.32. The molecular formula is C20H33NO3. The van der Waals surface area contributed by atoms with Gasteiger partial charge in [0.2, 0.25) is 0 Å². The van der Waals surface area contributed by atoms with Gasteiger partial charge in [-0.2, -0.15) is 0 Å². The minimum absolute atomic E-state index is 0.223. The van der Waals surface area contributed by atoms with Gasteiger partial charge in [0.1, 0.15) is 5.60 Å². The largest absolute Gasteiger partial charge is 0.483 e. The standard InChI is InChI=1S/C19H31NO.CH2O2/c1-8-16(9-2)13-17-14(6)15(7)18(20-17)19(10-3,11-4)21-12-5;2-1-3/h8,13,20H,6,9-12H2,1-5,7H3;1H,(H,2,3)/b16-8-,17-13+;. The molecule has 2 N–H and O–H groups in total. The second kappa shape index (κ2) is 10.9. The van der Waals surface area contributed by atoms with Gasteiger partial charge in [-0.05, 0) is 56.9 Å². The van der Waals surface area contributed by atoms with Gasteiger partial charge in [0.25, 0.3) is 6.47 Å². The van der Waals surface area contributed by atoms with Crippen LogP contribution in [0.2, 0.25) is 0 Å². The van der Waals surface area contributed by atoms with Gasteiger partial charge in [0.05, 0.1) is 5.69 Å². The van der Waals surface area contributed by atoms with E-state index in [2.05, 4.69) is 65.3 Å². The van der Waals surface area contributed by atoms with Gasteiger partial charge in [-0.3, -0.25) is 4.79 Å². The average Bonchev–Trinajstić information content (AvgIpc) is 2.87. The van der Waals surface area contributed by atoms with Gasteiger partial charge in [-0.25, -0.2) is 0 Å². The topological polar surface area (TPSA) is 62.3 Å². The number of hydrogen-bond acceptors (Lipinski definition) is 2. The summed E-state index contributed by atoms with van der Waals surface area (Å²) in [7, 11) is 0. The Morgan fingerprint density at radius 1 is 1.29 bits per heavy atom. The lowest BCUT2D eigenvalue weighted by molar-refractivity contribution is -0.122. The zero-order valence-corrected chi connectivity index (χ0v) is 16.0. The molecule has 0 radical (unpaired) electrons. The first-order valence-electron chi connectivity index (χ1n) is 8.67. The first kappa shape index (κ1) is 22.2. The molecule has 1 rings (SSSR count). The SMILES string of the molecule is C=c1c(C)c(C(CC)(CC)OCC)[nH]/c1=C/C(=C\C)CC.O=CO. The van der Waals surface area contributed by atoms with Crippen molar-refractivity contribution in [2.45, 2.75) is 66.4 Å². The minimum atomic E-state index is -0.250. The second-order valence-electron chi connectivity index (χ2n) is 5.62. The van der Waals surface area contributed by atoms with Crippen LogP contribution >= 0.6 is 0 Å². The lowest BCUT2D eigenvalue weighted by atomic mass is 9.90. The van der Waals surface area contributed by atoms with E-state index < -0.39 is 0 Å². The summed E-state index contributed by atoms with van der Waals surface area (Å²) in [6.45, 7) is 17.6. The third-order valence-corrected chi connectivity index (χ3v) is 4.54. The van der Waals surface area contributed by atoms with Crippen molar-refractivity contribution >= 4 is 19.1 Å². The van der Waals surface area contributed by atoms with E-state index in [0.717, 1.165) is 36.4 Å². The molecule has 0 spiro atoms. The summed E-state index contributed by atoms with van der Waals surface area (Å²) in [5.41, 5.74) is 3.52. The summed E-state index contributed by atoms with van der Waals surface area (Å²) in [4.78, 5) is 12.0. The van der Waals surface area contributed by atoms with Crippen LogP contribution in [0.25, 0.3) is 12.7 Å². The Labute approximate surface area is 145 Å². The number of allylic oxidation sites excluding steroid dienone is 2. The van der Waals surface area contributed by atoms with Gasteiger partial charge in [-0.1, -0.05) is 39.0 Å². The van der Waals surface area contributed by atoms with Crippen molar-refractivity contribution in [3.05, 3.63) is 33.5 Å². The minimum Gasteiger partial charge on any atom is -0.483 e. The van der Waals surface area contributed by atoms with Crippen LogP contribution in [0.4, 0.5) is 0 Å². The number of H-pyrrole nitrogens is 1. The second-order valence-corrected chi connectivity index (χ2v) is 5.62. The Morgan fingerprint density at radius 2 is 1.83 bits per heavy atom. The number of aromatic amines is 1. The summed E-state index contributed by atoms with van der Waals surface area (Å²) in [5, 5.41) is 9.09. The van der Waals surface area contributed by atoms with Crippen LogP contribution in [0, 0.1) is 6.92 Å². The number of carbonyl (C=O) groups is 1. The molecule has 0 amide bonds. The van der Waals surface area contributed by atoms with Crippen molar-refractivity contribution in [1.82, 2.24) is 4.98 Å². The summed E-state index contributed by atoms with van der Waals surface area (Å²) in [6.07, 6.45) is 7.32. The molecule has 0 saturated carbocycles. The molecule has 136 valence electrons. The number of aromatic nitrogens is 1. The Kier molecular flexibility index (Phi) is 10.0. The monoisotopic (exact) mass is 335 g/mol. The Bertz CT molecular complexity index is 637. The van der Waals surface area contributed by atoms with Crippen LogP contribution in [0.1, 0.15) is 65.1 Å². The highest BCUT2D eigenvalue weighted by Crippen LogP contribution is 2.32. The molecule has 0 aromatic carbocycles. The van der Waals surface area contributed by atoms with Crippen molar-refractivity contribution in [2.75, 3.05) is 6.61 Å². The predicted octanol–water partition coefficient (Wildman–Crippen LogP) is 3.62. The van der Waals surface area contributed by atoms with E-state index in [1.807, 2.05) is 0 Å². The fourth-order valence-electron chi connectivity index (χ4n) is 2.97. The molecule has 24 heavy (non-hydrogen) atoms. The van der Waals surface area contributed by atoms with E-state index in [1.165, 1.54) is 16.8 Å². The van der Waals surface area contributed by atoms with Crippen molar-refractivity contribution in [3.8, 4) is 0 Å². The molecular weight excluding hydrogens is 302 g/mol. The average molecular weight is 335 g/mol. The molecule has 1 heterocycles. The fraction of sp³-hybridized carbons (Fsp3) is 0.550. The van der Waals surface area contributed by atoms with E-state index in [4.69, 9.17) is 14.6 Å². The van der Waals surface area contributed by atoms with Crippen molar-refractivity contribution in [2.24, 2.45) is 0 Å². The fourth-order valence-corrected chi connectivity index (χ4v) is 2.97. The first-order chi connectivity index (χ1) is 11.4. The van der Waals surface area contributed by atoms with E-state index in [-0.39, 0.29) is 12.1 Å². The molecule has 0 atom stereocenters. The van der Waals surface area contributed by atoms with Crippen molar-refractivity contribution in [1.29, 1.82) is 0 Å². The van der Waals surface area contributed by atoms with Crippen molar-refractivity contribution < 1.29 is 14.6 Å². The maximum atomic E-state index is 8.36. The van der Waals surface area contributed by atoms with E-state index >= 15 is 0 Å². The summed E-state index contributed by atoms with van der Waals surface area (Å²) in [5.74, 6) is 0. The molecule has 1 aromatic rings. The third kappa shape index (κ3) is 5.10. The summed E-state index contributed by atoms with van der Waals surface area (Å²) >= 11 is 0. The normalized spacial score (nSPS) is 12.8. The Hall–Kier alpha value is -1.81. The van der Waals surface area contributed by atoms with E-state index in [0.29, 0.717) is 0 Å². The number of nitrogens with one attached hydrogen (secondary N) is 1. The molecule has 0 unspecified atom stereocenters. The molecule has 0 aliphatic heterocycles. The third-order valence-electron chi connectivity index (χ3n) is 4.54. The lowest BCUT2D eigenvalue weighted by Crippen LogP contribution is -2.30. The number of hydrogen-bond donors (Lipinski definition) is 2. The smallest absolute Gasteiger partial charge is 0.290 e. The van der Waals surface area contributed by atoms with E-state index in [9.17, 15) is 0 Å². The molecule has 0 fully saturated rings. The van der Waals surface area contributed by atoms with Crippen LogP contribution in [0.5, 0.6) is 0 Å². The molecule has 4 heteroatoms. The molecule has 0 bridgehead atoms. The van der Waals surface area contributed by atoms with Crippen LogP contribution < -0.4 is 10.6 Å². The van der Waals surface area contributed by atoms with Gasteiger partial charge >= 0.3 is 0 Å². The number of rotatable bonds is 7. The predicted molar refractivity (Wildman–Crippen MR) is 101 cm³/mol. The number of carboxylic acid groups (broad SMARTS) is 1.